The van der Waals surface area contributed by atoms with Gasteiger partial charge in [-0.3, -0.25) is 4.79 Å². The Bertz CT molecular complexity index is 1320. The molecule has 1 saturated heterocycles. The minimum atomic E-state index is -0.0777. The third-order valence-electron chi connectivity index (χ3n) is 7.18. The Morgan fingerprint density at radius 2 is 1.67 bits per heavy atom. The van der Waals surface area contributed by atoms with Crippen LogP contribution in [0.3, 0.4) is 0 Å². The van der Waals surface area contributed by atoms with Crippen molar-refractivity contribution in [2.45, 2.75) is 18.8 Å². The number of fused-ring (bicyclic) bond motifs is 1. The molecule has 3 aromatic carbocycles. The molecule has 36 heavy (non-hydrogen) atoms. The van der Waals surface area contributed by atoms with Crippen molar-refractivity contribution in [3.05, 3.63) is 102 Å². The highest BCUT2D eigenvalue weighted by Gasteiger charge is 2.28. The van der Waals surface area contributed by atoms with Gasteiger partial charge in [-0.1, -0.05) is 48.5 Å². The van der Waals surface area contributed by atoms with Crippen molar-refractivity contribution in [2.24, 2.45) is 5.92 Å². The molecular formula is C30H31N3O3. The number of amides is 2. The normalized spacial score (nSPS) is 15.0. The predicted octanol–water partition coefficient (Wildman–Crippen LogP) is 5.61. The number of methoxy groups -OCH3 is 1. The van der Waals surface area contributed by atoms with Crippen molar-refractivity contribution in [2.75, 3.05) is 26.7 Å². The van der Waals surface area contributed by atoms with Gasteiger partial charge in [-0.2, -0.15) is 0 Å². The summed E-state index contributed by atoms with van der Waals surface area (Å²) in [5, 5.41) is 4.33. The van der Waals surface area contributed by atoms with Crippen LogP contribution >= 0.6 is 0 Å². The summed E-state index contributed by atoms with van der Waals surface area (Å²) in [6.45, 7) is 1.64. The standard InChI is InChI=1S/C30H31N3O3/c1-36-24-13-11-22(12-14-24)29(34)23-15-17-33(18-16-23)30(35)32-19-26(21-7-3-2-4-8-21)27-20-31-28-10-6-5-9-25(27)28/h2-14,20,23,26,31H,15-19H2,1H3,(H,32,35). The maximum absolute atomic E-state index is 13.1. The van der Waals surface area contributed by atoms with Gasteiger partial charge >= 0.3 is 6.03 Å². The molecule has 0 radical (unpaired) electrons. The van der Waals surface area contributed by atoms with E-state index >= 15 is 0 Å². The number of para-hydroxylation sites is 1. The monoisotopic (exact) mass is 481 g/mol. The SMILES string of the molecule is COc1ccc(C(=O)C2CCN(C(=O)NCC(c3ccccc3)c3c[nH]c4ccccc34)CC2)cc1. The molecule has 0 saturated carbocycles. The molecule has 184 valence electrons. The van der Waals surface area contributed by atoms with Gasteiger partial charge in [0.05, 0.1) is 7.11 Å². The molecule has 0 spiro atoms. The van der Waals surface area contributed by atoms with Gasteiger partial charge < -0.3 is 19.9 Å². The van der Waals surface area contributed by atoms with Gasteiger partial charge in [-0.05, 0) is 54.3 Å². The molecule has 1 aliphatic rings. The van der Waals surface area contributed by atoms with Crippen molar-refractivity contribution in [3.63, 3.8) is 0 Å². The number of likely N-dealkylation sites (tertiary alicyclic amines) is 1. The van der Waals surface area contributed by atoms with Gasteiger partial charge in [0.15, 0.2) is 5.78 Å². The second-order valence-corrected chi connectivity index (χ2v) is 9.29. The zero-order valence-electron chi connectivity index (χ0n) is 20.4. The van der Waals surface area contributed by atoms with Crippen LogP contribution in [0.5, 0.6) is 5.75 Å². The van der Waals surface area contributed by atoms with Gasteiger partial charge in [-0.15, -0.1) is 0 Å². The number of hydrogen-bond donors (Lipinski definition) is 2. The molecule has 6 nitrogen and oxygen atoms in total. The first-order chi connectivity index (χ1) is 17.6. The number of H-pyrrole nitrogens is 1. The number of ether oxygens (including phenoxy) is 1. The molecule has 2 heterocycles. The summed E-state index contributed by atoms with van der Waals surface area (Å²) in [5.74, 6) is 0.840. The largest absolute Gasteiger partial charge is 0.497 e. The Kier molecular flexibility index (Phi) is 7.03. The zero-order valence-corrected chi connectivity index (χ0v) is 20.4. The maximum Gasteiger partial charge on any atom is 0.317 e. The molecule has 1 aliphatic heterocycles. The minimum absolute atomic E-state index is 0.0282. The summed E-state index contributed by atoms with van der Waals surface area (Å²) in [6.07, 6.45) is 3.39. The number of aromatic amines is 1. The van der Waals surface area contributed by atoms with E-state index < -0.39 is 0 Å². The summed E-state index contributed by atoms with van der Waals surface area (Å²) in [7, 11) is 1.61. The van der Waals surface area contributed by atoms with E-state index in [0.717, 1.165) is 16.8 Å². The van der Waals surface area contributed by atoms with Gasteiger partial charge in [0.1, 0.15) is 5.75 Å². The Balaban J connectivity index is 1.22. The van der Waals surface area contributed by atoms with Crippen LogP contribution in [-0.2, 0) is 0 Å². The first-order valence-corrected chi connectivity index (χ1v) is 12.5. The molecule has 1 atom stereocenters. The molecule has 1 aromatic heterocycles. The fraction of sp³-hybridized carbons (Fsp3) is 0.267. The average Bonchev–Trinajstić information content (AvgIpc) is 3.37. The smallest absolute Gasteiger partial charge is 0.317 e. The van der Waals surface area contributed by atoms with Crippen molar-refractivity contribution >= 4 is 22.7 Å². The lowest BCUT2D eigenvalue weighted by Gasteiger charge is -2.32. The Morgan fingerprint density at radius 3 is 2.39 bits per heavy atom. The quantitative estimate of drug-likeness (QED) is 0.337. The summed E-state index contributed by atoms with van der Waals surface area (Å²) < 4.78 is 5.18. The third kappa shape index (κ3) is 4.98. The molecule has 0 bridgehead atoms. The first-order valence-electron chi connectivity index (χ1n) is 12.5. The van der Waals surface area contributed by atoms with E-state index in [9.17, 15) is 9.59 Å². The lowest BCUT2D eigenvalue weighted by molar-refractivity contribution is 0.0854. The van der Waals surface area contributed by atoms with Crippen LogP contribution in [0.2, 0.25) is 0 Å². The number of urea groups is 1. The Morgan fingerprint density at radius 1 is 0.972 bits per heavy atom. The number of piperidine rings is 1. The van der Waals surface area contributed by atoms with Crippen LogP contribution < -0.4 is 10.1 Å². The van der Waals surface area contributed by atoms with Crippen molar-refractivity contribution < 1.29 is 14.3 Å². The molecule has 6 heteroatoms. The van der Waals surface area contributed by atoms with Crippen LogP contribution in [0.4, 0.5) is 4.79 Å². The number of hydrogen-bond acceptors (Lipinski definition) is 3. The molecule has 2 amide bonds. The van der Waals surface area contributed by atoms with Crippen molar-refractivity contribution in [1.82, 2.24) is 15.2 Å². The minimum Gasteiger partial charge on any atom is -0.497 e. The number of aromatic nitrogens is 1. The highest BCUT2D eigenvalue weighted by atomic mass is 16.5. The highest BCUT2D eigenvalue weighted by Crippen LogP contribution is 2.30. The highest BCUT2D eigenvalue weighted by molar-refractivity contribution is 5.98. The van der Waals surface area contributed by atoms with Crippen LogP contribution in [0, 0.1) is 5.92 Å². The van der Waals surface area contributed by atoms with E-state index in [0.29, 0.717) is 38.0 Å². The number of rotatable bonds is 7. The molecule has 1 unspecified atom stereocenters. The van der Waals surface area contributed by atoms with Crippen LogP contribution in [0.1, 0.15) is 40.2 Å². The molecule has 4 aromatic rings. The van der Waals surface area contributed by atoms with Gasteiger partial charge in [0.25, 0.3) is 0 Å². The first kappa shape index (κ1) is 23.7. The number of ketones is 1. The van der Waals surface area contributed by atoms with E-state index in [1.165, 1.54) is 10.9 Å². The Labute approximate surface area is 211 Å². The van der Waals surface area contributed by atoms with E-state index in [1.807, 2.05) is 65.7 Å². The maximum atomic E-state index is 13.1. The summed E-state index contributed by atoms with van der Waals surface area (Å²) in [5.41, 5.74) is 4.11. The van der Waals surface area contributed by atoms with Crippen LogP contribution in [-0.4, -0.2) is 48.4 Å². The fourth-order valence-corrected chi connectivity index (χ4v) is 5.11. The van der Waals surface area contributed by atoms with Crippen molar-refractivity contribution in [1.29, 1.82) is 0 Å². The Hall–Kier alpha value is -4.06. The summed E-state index contributed by atoms with van der Waals surface area (Å²) >= 11 is 0. The van der Waals surface area contributed by atoms with E-state index in [1.54, 1.807) is 7.11 Å². The number of nitrogens with one attached hydrogen (secondary N) is 2. The van der Waals surface area contributed by atoms with E-state index in [4.69, 9.17) is 4.74 Å². The molecule has 2 N–H and O–H groups in total. The van der Waals surface area contributed by atoms with Crippen LogP contribution in [0.25, 0.3) is 10.9 Å². The van der Waals surface area contributed by atoms with Crippen LogP contribution in [0.15, 0.2) is 85.1 Å². The molecule has 0 aliphatic carbocycles. The molecule has 5 rings (SSSR count). The topological polar surface area (TPSA) is 74.4 Å². The predicted molar refractivity (Wildman–Crippen MR) is 142 cm³/mol. The van der Waals surface area contributed by atoms with E-state index in [-0.39, 0.29) is 23.7 Å². The second-order valence-electron chi connectivity index (χ2n) is 9.29. The number of Topliss-reactive ketones (excluding diaryl/α,β-unsaturated/α-hetero) is 1. The molecular weight excluding hydrogens is 450 g/mol. The van der Waals surface area contributed by atoms with Gasteiger partial charge in [0, 0.05) is 54.1 Å². The second kappa shape index (κ2) is 10.7. The van der Waals surface area contributed by atoms with Crippen molar-refractivity contribution in [3.8, 4) is 5.75 Å². The third-order valence-corrected chi connectivity index (χ3v) is 7.18. The number of carbonyl (C=O) groups excluding carboxylic acids is 2. The lowest BCUT2D eigenvalue weighted by Crippen LogP contribution is -2.46. The number of benzene rings is 3. The van der Waals surface area contributed by atoms with E-state index in [2.05, 4.69) is 34.6 Å². The summed E-state index contributed by atoms with van der Waals surface area (Å²) in [4.78, 5) is 31.2. The summed E-state index contributed by atoms with van der Waals surface area (Å²) in [6, 6.07) is 25.7. The number of nitrogens with zero attached hydrogens (tertiary/aromatic N) is 1. The number of carbonyl (C=O) groups is 2. The van der Waals surface area contributed by atoms with Gasteiger partial charge in [-0.25, -0.2) is 4.79 Å². The van der Waals surface area contributed by atoms with Gasteiger partial charge in [0.2, 0.25) is 0 Å². The zero-order chi connectivity index (χ0) is 24.9. The molecule has 1 fully saturated rings. The lowest BCUT2D eigenvalue weighted by atomic mass is 9.89. The fourth-order valence-electron chi connectivity index (χ4n) is 5.11. The average molecular weight is 482 g/mol.